The van der Waals surface area contributed by atoms with E-state index in [0.29, 0.717) is 3.57 Å². The van der Waals surface area contributed by atoms with E-state index in [1.165, 1.54) is 0 Å². The van der Waals surface area contributed by atoms with E-state index in [9.17, 15) is 4.79 Å². The maximum Gasteiger partial charge on any atom is 0.357 e. The van der Waals surface area contributed by atoms with Crippen LogP contribution in [-0.4, -0.2) is 20.9 Å². The van der Waals surface area contributed by atoms with Crippen LogP contribution < -0.4 is 0 Å². The molecule has 1 N–H and O–H groups in total. The van der Waals surface area contributed by atoms with Crippen molar-refractivity contribution in [3.63, 3.8) is 0 Å². The monoisotopic (exact) mass is 294 g/mol. The van der Waals surface area contributed by atoms with Crippen molar-refractivity contribution in [2.24, 2.45) is 0 Å². The average molecular weight is 294 g/mol. The van der Waals surface area contributed by atoms with Gasteiger partial charge in [-0.25, -0.2) is 4.79 Å². The van der Waals surface area contributed by atoms with Crippen molar-refractivity contribution in [2.75, 3.05) is 0 Å². The van der Waals surface area contributed by atoms with Gasteiger partial charge in [0.2, 0.25) is 0 Å². The van der Waals surface area contributed by atoms with Crippen molar-refractivity contribution >= 4 is 28.6 Å². The third kappa shape index (κ3) is 2.20. The van der Waals surface area contributed by atoms with Gasteiger partial charge in [0.1, 0.15) is 0 Å². The van der Waals surface area contributed by atoms with Crippen LogP contribution in [0, 0.1) is 3.57 Å². The predicted octanol–water partition coefficient (Wildman–Crippen LogP) is 2.16. The highest BCUT2D eigenvalue weighted by atomic mass is 127. The Morgan fingerprint density at radius 1 is 1.85 bits per heavy atom. The van der Waals surface area contributed by atoms with Crippen molar-refractivity contribution in [2.45, 2.75) is 26.3 Å². The highest BCUT2D eigenvalue weighted by Crippen LogP contribution is 2.15. The highest BCUT2D eigenvalue weighted by molar-refractivity contribution is 14.1. The number of hydrogen-bond acceptors (Lipinski definition) is 2. The van der Waals surface area contributed by atoms with Gasteiger partial charge in [-0.2, -0.15) is 5.10 Å². The molecule has 72 valence electrons. The molecule has 1 aromatic rings. The van der Waals surface area contributed by atoms with Crippen molar-refractivity contribution in [3.8, 4) is 0 Å². The van der Waals surface area contributed by atoms with Crippen LogP contribution in [0.25, 0.3) is 0 Å². The third-order valence-electron chi connectivity index (χ3n) is 1.93. The first-order valence-electron chi connectivity index (χ1n) is 4.04. The van der Waals surface area contributed by atoms with E-state index in [4.69, 9.17) is 5.11 Å². The first-order valence-corrected chi connectivity index (χ1v) is 5.12. The van der Waals surface area contributed by atoms with Crippen molar-refractivity contribution < 1.29 is 9.90 Å². The van der Waals surface area contributed by atoms with Gasteiger partial charge in [0.05, 0.1) is 3.57 Å². The molecule has 0 aliphatic rings. The van der Waals surface area contributed by atoms with Crippen LogP contribution in [0.2, 0.25) is 0 Å². The Balaban J connectivity index is 3.01. The van der Waals surface area contributed by atoms with Gasteiger partial charge in [-0.05, 0) is 35.9 Å². The van der Waals surface area contributed by atoms with Gasteiger partial charge in [-0.1, -0.05) is 6.92 Å². The summed E-state index contributed by atoms with van der Waals surface area (Å²) in [6.07, 6.45) is 2.70. The van der Waals surface area contributed by atoms with Gasteiger partial charge < -0.3 is 5.11 Å². The van der Waals surface area contributed by atoms with Crippen LogP contribution in [0.1, 0.15) is 36.8 Å². The Kier molecular flexibility index (Phi) is 3.29. The summed E-state index contributed by atoms with van der Waals surface area (Å²) < 4.78 is 2.39. The number of halogens is 1. The molecule has 0 fully saturated rings. The first kappa shape index (κ1) is 10.5. The van der Waals surface area contributed by atoms with E-state index < -0.39 is 5.97 Å². The first-order chi connectivity index (χ1) is 6.06. The summed E-state index contributed by atoms with van der Waals surface area (Å²) in [5.74, 6) is -0.966. The molecule has 0 spiro atoms. The largest absolute Gasteiger partial charge is 0.476 e. The fourth-order valence-electron chi connectivity index (χ4n) is 0.927. The van der Waals surface area contributed by atoms with Crippen LogP contribution in [0.5, 0.6) is 0 Å². The van der Waals surface area contributed by atoms with E-state index in [0.717, 1.165) is 6.42 Å². The second kappa shape index (κ2) is 4.08. The normalized spacial score (nSPS) is 12.8. The van der Waals surface area contributed by atoms with Crippen LogP contribution in [0.15, 0.2) is 6.20 Å². The zero-order valence-electron chi connectivity index (χ0n) is 7.49. The molecule has 0 bridgehead atoms. The molecule has 0 saturated carbocycles. The fraction of sp³-hybridized carbons (Fsp3) is 0.500. The summed E-state index contributed by atoms with van der Waals surface area (Å²) in [5.41, 5.74) is 0.140. The molecule has 1 aromatic heterocycles. The summed E-state index contributed by atoms with van der Waals surface area (Å²) >= 11 is 1.98. The number of nitrogens with zero attached hydrogens (tertiary/aromatic N) is 2. The van der Waals surface area contributed by atoms with E-state index in [2.05, 4.69) is 5.10 Å². The Hall–Kier alpha value is -0.590. The molecule has 0 aromatic carbocycles. The molecular weight excluding hydrogens is 283 g/mol. The SMILES string of the molecule is CCC(C)n1cc(I)c(C(=O)O)n1. The number of rotatable bonds is 3. The third-order valence-corrected chi connectivity index (χ3v) is 2.72. The molecular formula is C8H11IN2O2. The number of hydrogen-bond donors (Lipinski definition) is 1. The van der Waals surface area contributed by atoms with E-state index in [1.807, 2.05) is 36.4 Å². The number of aromatic carboxylic acids is 1. The van der Waals surface area contributed by atoms with Gasteiger partial charge >= 0.3 is 5.97 Å². The molecule has 0 aliphatic carbocycles. The molecule has 1 rings (SSSR count). The smallest absolute Gasteiger partial charge is 0.357 e. The summed E-state index contributed by atoms with van der Waals surface area (Å²) in [6, 6.07) is 0.251. The zero-order chi connectivity index (χ0) is 10.0. The standard InChI is InChI=1S/C8H11IN2O2/c1-3-5(2)11-4-6(9)7(10-11)8(12)13/h4-5H,3H2,1-2H3,(H,12,13). The van der Waals surface area contributed by atoms with Crippen LogP contribution in [0.4, 0.5) is 0 Å². The molecule has 13 heavy (non-hydrogen) atoms. The predicted molar refractivity (Wildman–Crippen MR) is 56.9 cm³/mol. The summed E-state index contributed by atoms with van der Waals surface area (Å²) in [7, 11) is 0. The van der Waals surface area contributed by atoms with Gasteiger partial charge in [0.25, 0.3) is 0 Å². The van der Waals surface area contributed by atoms with Gasteiger partial charge in [-0.15, -0.1) is 0 Å². The molecule has 0 saturated heterocycles. The van der Waals surface area contributed by atoms with Crippen molar-refractivity contribution in [1.29, 1.82) is 0 Å². The molecule has 0 amide bonds. The van der Waals surface area contributed by atoms with E-state index >= 15 is 0 Å². The van der Waals surface area contributed by atoms with Gasteiger partial charge in [-0.3, -0.25) is 4.68 Å². The average Bonchev–Trinajstić information content (AvgIpc) is 2.46. The summed E-state index contributed by atoms with van der Waals surface area (Å²) in [5, 5.41) is 12.7. The molecule has 0 aliphatic heterocycles. The minimum absolute atomic E-state index is 0.140. The maximum absolute atomic E-state index is 10.7. The molecule has 1 atom stereocenters. The molecule has 5 heteroatoms. The minimum Gasteiger partial charge on any atom is -0.476 e. The Labute approximate surface area is 90.1 Å². The molecule has 1 heterocycles. The van der Waals surface area contributed by atoms with Gasteiger partial charge in [0.15, 0.2) is 5.69 Å². The molecule has 0 radical (unpaired) electrons. The van der Waals surface area contributed by atoms with E-state index in [-0.39, 0.29) is 11.7 Å². The van der Waals surface area contributed by atoms with Crippen molar-refractivity contribution in [1.82, 2.24) is 9.78 Å². The topological polar surface area (TPSA) is 55.1 Å². The lowest BCUT2D eigenvalue weighted by Gasteiger charge is -2.07. The minimum atomic E-state index is -0.966. The second-order valence-corrected chi connectivity index (χ2v) is 4.03. The number of carbonyl (C=O) groups is 1. The zero-order valence-corrected chi connectivity index (χ0v) is 9.65. The summed E-state index contributed by atoms with van der Waals surface area (Å²) in [4.78, 5) is 10.7. The van der Waals surface area contributed by atoms with Gasteiger partial charge in [0, 0.05) is 12.2 Å². The Morgan fingerprint density at radius 3 is 2.85 bits per heavy atom. The number of carboxylic acid groups (broad SMARTS) is 1. The number of carboxylic acids is 1. The fourth-order valence-corrected chi connectivity index (χ4v) is 1.55. The lowest BCUT2D eigenvalue weighted by Crippen LogP contribution is -2.06. The quantitative estimate of drug-likeness (QED) is 0.869. The summed E-state index contributed by atoms with van der Waals surface area (Å²) in [6.45, 7) is 4.05. The molecule has 1 unspecified atom stereocenters. The van der Waals surface area contributed by atoms with Crippen LogP contribution in [-0.2, 0) is 0 Å². The Bertz CT molecular complexity index is 322. The molecule has 4 nitrogen and oxygen atoms in total. The van der Waals surface area contributed by atoms with Crippen LogP contribution in [0.3, 0.4) is 0 Å². The Morgan fingerprint density at radius 2 is 2.46 bits per heavy atom. The van der Waals surface area contributed by atoms with Crippen molar-refractivity contribution in [3.05, 3.63) is 15.5 Å². The lowest BCUT2D eigenvalue weighted by atomic mass is 10.3. The lowest BCUT2D eigenvalue weighted by molar-refractivity contribution is 0.0688. The van der Waals surface area contributed by atoms with E-state index in [1.54, 1.807) is 10.9 Å². The highest BCUT2D eigenvalue weighted by Gasteiger charge is 2.15. The second-order valence-electron chi connectivity index (χ2n) is 2.87. The number of aromatic nitrogens is 2. The maximum atomic E-state index is 10.7. The van der Waals surface area contributed by atoms with Crippen LogP contribution >= 0.6 is 22.6 Å².